The molecular formula is C22H22N4O. The van der Waals surface area contributed by atoms with E-state index in [1.165, 1.54) is 5.56 Å². The number of rotatable bonds is 4. The Bertz CT molecular complexity index is 1100. The summed E-state index contributed by atoms with van der Waals surface area (Å²) in [6, 6.07) is 16.0. The highest BCUT2D eigenvalue weighted by molar-refractivity contribution is 5.68. The second-order valence-corrected chi connectivity index (χ2v) is 6.91. The lowest BCUT2D eigenvalue weighted by atomic mass is 10.1. The van der Waals surface area contributed by atoms with E-state index in [2.05, 4.69) is 29.4 Å². The summed E-state index contributed by atoms with van der Waals surface area (Å²) in [6.07, 6.45) is 2.72. The van der Waals surface area contributed by atoms with Crippen molar-refractivity contribution in [1.82, 2.24) is 14.4 Å². The summed E-state index contributed by atoms with van der Waals surface area (Å²) in [7, 11) is 0. The number of aliphatic hydroxyl groups excluding tert-OH is 1. The minimum absolute atomic E-state index is 0.624. The van der Waals surface area contributed by atoms with Gasteiger partial charge in [0.2, 0.25) is 0 Å². The molecule has 136 valence electrons. The zero-order valence-corrected chi connectivity index (χ0v) is 15.6. The van der Waals surface area contributed by atoms with Crippen molar-refractivity contribution < 1.29 is 5.11 Å². The Morgan fingerprint density at radius 3 is 2.41 bits per heavy atom. The summed E-state index contributed by atoms with van der Waals surface area (Å²) in [4.78, 5) is 9.09. The van der Waals surface area contributed by atoms with Crippen LogP contribution in [-0.4, -0.2) is 19.5 Å². The second-order valence-electron chi connectivity index (χ2n) is 6.91. The van der Waals surface area contributed by atoms with Crippen molar-refractivity contribution in [3.63, 3.8) is 0 Å². The van der Waals surface area contributed by atoms with Crippen LogP contribution >= 0.6 is 0 Å². The number of nitrogens with one attached hydrogen (secondary N) is 1. The highest BCUT2D eigenvalue weighted by Crippen LogP contribution is 2.30. The highest BCUT2D eigenvalue weighted by Gasteiger charge is 2.21. The van der Waals surface area contributed by atoms with Crippen LogP contribution in [0.4, 0.5) is 5.82 Å². The molecule has 0 aliphatic carbocycles. The molecule has 5 nitrogen and oxygen atoms in total. The number of aryl methyl sites for hydroxylation is 3. The van der Waals surface area contributed by atoms with Crippen molar-refractivity contribution in [2.24, 2.45) is 0 Å². The fourth-order valence-corrected chi connectivity index (χ4v) is 3.17. The van der Waals surface area contributed by atoms with Crippen LogP contribution in [0.3, 0.4) is 0 Å². The van der Waals surface area contributed by atoms with E-state index in [0.717, 1.165) is 28.0 Å². The first-order valence-electron chi connectivity index (χ1n) is 8.94. The molecule has 0 radical (unpaired) electrons. The molecule has 0 amide bonds. The van der Waals surface area contributed by atoms with Crippen molar-refractivity contribution >= 4 is 11.5 Å². The van der Waals surface area contributed by atoms with Gasteiger partial charge in [0, 0.05) is 18.0 Å². The molecule has 0 aliphatic heterocycles. The van der Waals surface area contributed by atoms with Gasteiger partial charge < -0.3 is 10.4 Å². The van der Waals surface area contributed by atoms with Gasteiger partial charge in [-0.3, -0.25) is 4.40 Å². The number of aromatic nitrogens is 3. The number of hydrogen-bond donors (Lipinski definition) is 2. The summed E-state index contributed by atoms with van der Waals surface area (Å²) in [6.45, 7) is 6.08. The van der Waals surface area contributed by atoms with Gasteiger partial charge in [0.1, 0.15) is 11.5 Å². The second kappa shape index (κ2) is 6.85. The Labute approximate surface area is 158 Å². The van der Waals surface area contributed by atoms with Gasteiger partial charge in [-0.1, -0.05) is 29.8 Å². The first kappa shape index (κ1) is 17.2. The molecule has 3 aromatic heterocycles. The monoisotopic (exact) mass is 358 g/mol. The van der Waals surface area contributed by atoms with Crippen LogP contribution in [0, 0.1) is 20.8 Å². The van der Waals surface area contributed by atoms with E-state index in [0.29, 0.717) is 11.5 Å². The van der Waals surface area contributed by atoms with Gasteiger partial charge in [-0.25, -0.2) is 9.97 Å². The van der Waals surface area contributed by atoms with Gasteiger partial charge in [-0.2, -0.15) is 0 Å². The van der Waals surface area contributed by atoms with Crippen molar-refractivity contribution in [3.05, 3.63) is 83.3 Å². The van der Waals surface area contributed by atoms with Crippen LogP contribution < -0.4 is 5.32 Å². The maximum atomic E-state index is 11.0. The van der Waals surface area contributed by atoms with Crippen molar-refractivity contribution in [3.8, 4) is 11.3 Å². The molecule has 27 heavy (non-hydrogen) atoms. The maximum absolute atomic E-state index is 11.0. The van der Waals surface area contributed by atoms with E-state index in [4.69, 9.17) is 4.98 Å². The number of aliphatic hydroxyl groups is 1. The first-order chi connectivity index (χ1) is 13.0. The molecule has 0 saturated carbocycles. The number of anilines is 1. The van der Waals surface area contributed by atoms with Crippen LogP contribution in [-0.2, 0) is 0 Å². The molecule has 0 spiro atoms. The number of imidazole rings is 1. The fourth-order valence-electron chi connectivity index (χ4n) is 3.17. The van der Waals surface area contributed by atoms with E-state index in [1.807, 2.05) is 60.8 Å². The molecule has 0 fully saturated rings. The lowest BCUT2D eigenvalue weighted by molar-refractivity contribution is 0.202. The van der Waals surface area contributed by atoms with Gasteiger partial charge in [-0.05, 0) is 56.2 Å². The topological polar surface area (TPSA) is 62.5 Å². The average molecular weight is 358 g/mol. The van der Waals surface area contributed by atoms with Crippen LogP contribution in [0.5, 0.6) is 0 Å². The van der Waals surface area contributed by atoms with Crippen molar-refractivity contribution in [2.75, 3.05) is 5.32 Å². The standard InChI is InChI=1S/C22H22N4O/c1-14-4-6-17(7-5-14)20-21(26-11-9-16(3)13-19(26)25-20)22(27)24-18-12-15(2)8-10-23-18/h4-13,22,27H,1-3H3,(H,23,24). The number of hydrogen-bond acceptors (Lipinski definition) is 4. The molecule has 5 heteroatoms. The summed E-state index contributed by atoms with van der Waals surface area (Å²) < 4.78 is 1.93. The third-order valence-corrected chi connectivity index (χ3v) is 4.60. The van der Waals surface area contributed by atoms with E-state index >= 15 is 0 Å². The Hall–Kier alpha value is -3.18. The summed E-state index contributed by atoms with van der Waals surface area (Å²) in [5.41, 5.74) is 6.60. The average Bonchev–Trinajstić information content (AvgIpc) is 3.01. The van der Waals surface area contributed by atoms with E-state index in [9.17, 15) is 5.11 Å². The third-order valence-electron chi connectivity index (χ3n) is 4.60. The molecule has 1 unspecified atom stereocenters. The third kappa shape index (κ3) is 3.41. The smallest absolute Gasteiger partial charge is 0.169 e. The number of pyridine rings is 2. The Morgan fingerprint density at radius 1 is 0.926 bits per heavy atom. The Morgan fingerprint density at radius 2 is 1.67 bits per heavy atom. The van der Waals surface area contributed by atoms with Crippen LogP contribution in [0.2, 0.25) is 0 Å². The molecule has 4 aromatic rings. The Balaban J connectivity index is 1.84. The van der Waals surface area contributed by atoms with Crippen molar-refractivity contribution in [2.45, 2.75) is 27.0 Å². The first-order valence-corrected chi connectivity index (χ1v) is 8.94. The molecule has 0 aliphatic rings. The van der Waals surface area contributed by atoms with E-state index in [1.54, 1.807) is 6.20 Å². The molecule has 3 heterocycles. The fraction of sp³-hybridized carbons (Fsp3) is 0.182. The summed E-state index contributed by atoms with van der Waals surface area (Å²) >= 11 is 0. The molecule has 2 N–H and O–H groups in total. The predicted octanol–water partition coefficient (Wildman–Crippen LogP) is 4.42. The maximum Gasteiger partial charge on any atom is 0.169 e. The molecular weight excluding hydrogens is 336 g/mol. The lowest BCUT2D eigenvalue weighted by Gasteiger charge is -2.16. The van der Waals surface area contributed by atoms with Gasteiger partial charge in [0.25, 0.3) is 0 Å². The zero-order valence-electron chi connectivity index (χ0n) is 15.6. The van der Waals surface area contributed by atoms with Crippen LogP contribution in [0.25, 0.3) is 16.9 Å². The minimum atomic E-state index is -0.951. The summed E-state index contributed by atoms with van der Waals surface area (Å²) in [5.74, 6) is 0.624. The molecule has 1 aromatic carbocycles. The molecule has 0 bridgehead atoms. The molecule has 1 atom stereocenters. The quantitative estimate of drug-likeness (QED) is 0.530. The number of nitrogens with zero attached hydrogens (tertiary/aromatic N) is 3. The highest BCUT2D eigenvalue weighted by atomic mass is 16.3. The normalized spacial score (nSPS) is 12.3. The van der Waals surface area contributed by atoms with Crippen molar-refractivity contribution in [1.29, 1.82) is 0 Å². The summed E-state index contributed by atoms with van der Waals surface area (Å²) in [5, 5.41) is 14.1. The Kier molecular flexibility index (Phi) is 4.38. The predicted molar refractivity (Wildman–Crippen MR) is 108 cm³/mol. The zero-order chi connectivity index (χ0) is 19.0. The van der Waals surface area contributed by atoms with Crippen LogP contribution in [0.15, 0.2) is 60.9 Å². The SMILES string of the molecule is Cc1ccc(-c2nc3cc(C)ccn3c2C(O)Nc2cc(C)ccn2)cc1. The largest absolute Gasteiger partial charge is 0.368 e. The molecule has 0 saturated heterocycles. The molecule has 4 rings (SSSR count). The van der Waals surface area contributed by atoms with E-state index in [-0.39, 0.29) is 0 Å². The minimum Gasteiger partial charge on any atom is -0.368 e. The van der Waals surface area contributed by atoms with Crippen LogP contribution in [0.1, 0.15) is 28.6 Å². The van der Waals surface area contributed by atoms with Gasteiger partial charge in [0.15, 0.2) is 6.23 Å². The van der Waals surface area contributed by atoms with Gasteiger partial charge in [-0.15, -0.1) is 0 Å². The van der Waals surface area contributed by atoms with Gasteiger partial charge >= 0.3 is 0 Å². The lowest BCUT2D eigenvalue weighted by Crippen LogP contribution is -2.14. The number of benzene rings is 1. The van der Waals surface area contributed by atoms with E-state index < -0.39 is 6.23 Å². The number of fused-ring (bicyclic) bond motifs is 1. The van der Waals surface area contributed by atoms with Gasteiger partial charge in [0.05, 0.1) is 11.4 Å².